The van der Waals surface area contributed by atoms with E-state index in [1.807, 2.05) is 0 Å². The molecule has 0 amide bonds. The van der Waals surface area contributed by atoms with Gasteiger partial charge in [0.15, 0.2) is 11.7 Å². The van der Waals surface area contributed by atoms with Crippen molar-refractivity contribution in [2.75, 3.05) is 6.61 Å². The number of carbonyl (C=O) groups excluding carboxylic acids is 3. The fraction of sp³-hybridized carbons (Fsp3) is 0.389. The van der Waals surface area contributed by atoms with Crippen LogP contribution in [0.3, 0.4) is 0 Å². The van der Waals surface area contributed by atoms with Crippen molar-refractivity contribution in [1.82, 2.24) is 0 Å². The van der Waals surface area contributed by atoms with E-state index in [2.05, 4.69) is 0 Å². The molecule has 1 aromatic rings. The van der Waals surface area contributed by atoms with Crippen LogP contribution < -0.4 is 0 Å². The molecule has 1 aliphatic rings. The van der Waals surface area contributed by atoms with Gasteiger partial charge in [0.1, 0.15) is 18.8 Å². The van der Waals surface area contributed by atoms with Crippen LogP contribution in [0.5, 0.6) is 0 Å². The summed E-state index contributed by atoms with van der Waals surface area (Å²) in [6, 6.07) is 8.06. The van der Waals surface area contributed by atoms with Gasteiger partial charge in [-0.1, -0.05) is 18.2 Å². The first-order valence-electron chi connectivity index (χ1n) is 7.89. The minimum Gasteiger partial charge on any atom is -0.463 e. The first kappa shape index (κ1) is 19.6. The molecule has 2 N–H and O–H groups in total. The van der Waals surface area contributed by atoms with Gasteiger partial charge >= 0.3 is 17.9 Å². The molecule has 8 nitrogen and oxygen atoms in total. The van der Waals surface area contributed by atoms with Gasteiger partial charge in [-0.25, -0.2) is 4.79 Å². The van der Waals surface area contributed by atoms with Crippen molar-refractivity contribution in [3.8, 4) is 0 Å². The van der Waals surface area contributed by atoms with Gasteiger partial charge < -0.3 is 24.4 Å². The van der Waals surface area contributed by atoms with Crippen molar-refractivity contribution < 1.29 is 38.8 Å². The third-order valence-electron chi connectivity index (χ3n) is 3.84. The van der Waals surface area contributed by atoms with Gasteiger partial charge in [-0.2, -0.15) is 0 Å². The number of rotatable bonds is 5. The van der Waals surface area contributed by atoms with Gasteiger partial charge in [0.05, 0.1) is 5.56 Å². The summed E-state index contributed by atoms with van der Waals surface area (Å²) in [4.78, 5) is 34.5. The number of esters is 3. The lowest BCUT2D eigenvalue weighted by atomic mass is 9.82. The molecule has 4 atom stereocenters. The maximum atomic E-state index is 12.3. The van der Waals surface area contributed by atoms with Gasteiger partial charge in [0.2, 0.25) is 0 Å². The summed E-state index contributed by atoms with van der Waals surface area (Å²) < 4.78 is 15.0. The fourth-order valence-corrected chi connectivity index (χ4v) is 2.51. The van der Waals surface area contributed by atoms with Gasteiger partial charge in [-0.15, -0.1) is 0 Å². The Morgan fingerprint density at radius 1 is 1.04 bits per heavy atom. The van der Waals surface area contributed by atoms with Crippen LogP contribution in [0.1, 0.15) is 24.2 Å². The largest absolute Gasteiger partial charge is 0.463 e. The Balaban J connectivity index is 2.26. The molecular weight excluding hydrogens is 344 g/mol. The molecule has 0 unspecified atom stereocenters. The summed E-state index contributed by atoms with van der Waals surface area (Å²) in [6.07, 6.45) is -1.59. The Kier molecular flexibility index (Phi) is 6.12. The molecule has 26 heavy (non-hydrogen) atoms. The van der Waals surface area contributed by atoms with E-state index >= 15 is 0 Å². The third-order valence-corrected chi connectivity index (χ3v) is 3.84. The topological polar surface area (TPSA) is 119 Å². The molecule has 0 heterocycles. The van der Waals surface area contributed by atoms with Crippen molar-refractivity contribution in [3.05, 3.63) is 48.0 Å². The minimum absolute atomic E-state index is 0.243. The van der Waals surface area contributed by atoms with E-state index in [4.69, 9.17) is 14.2 Å². The number of aliphatic hydroxyl groups excluding tert-OH is 1. The van der Waals surface area contributed by atoms with Crippen molar-refractivity contribution in [2.45, 2.75) is 37.8 Å². The molecule has 0 spiro atoms. The number of aliphatic hydroxyl groups is 2. The van der Waals surface area contributed by atoms with Crippen LogP contribution in [-0.2, 0) is 23.8 Å². The lowest BCUT2D eigenvalue weighted by Gasteiger charge is -2.41. The van der Waals surface area contributed by atoms with E-state index in [9.17, 15) is 24.6 Å². The lowest BCUT2D eigenvalue weighted by molar-refractivity contribution is -0.202. The minimum atomic E-state index is -2.19. The van der Waals surface area contributed by atoms with Crippen LogP contribution >= 0.6 is 0 Å². The zero-order chi connectivity index (χ0) is 19.3. The van der Waals surface area contributed by atoms with Crippen molar-refractivity contribution in [2.24, 2.45) is 0 Å². The number of carbonyl (C=O) groups is 3. The molecule has 0 aromatic heterocycles. The predicted octanol–water partition coefficient (Wildman–Crippen LogP) is 0.369. The van der Waals surface area contributed by atoms with E-state index in [1.54, 1.807) is 18.2 Å². The average molecular weight is 364 g/mol. The smallest absolute Gasteiger partial charge is 0.338 e. The Morgan fingerprint density at radius 3 is 2.27 bits per heavy atom. The number of hydrogen-bond donors (Lipinski definition) is 2. The Labute approximate surface area is 150 Å². The summed E-state index contributed by atoms with van der Waals surface area (Å²) in [5, 5.41) is 21.3. The van der Waals surface area contributed by atoms with Gasteiger partial charge in [-0.3, -0.25) is 9.59 Å². The Hall–Kier alpha value is -2.71. The van der Waals surface area contributed by atoms with E-state index < -0.39 is 48.4 Å². The van der Waals surface area contributed by atoms with E-state index in [1.165, 1.54) is 24.3 Å². The highest BCUT2D eigenvalue weighted by atomic mass is 16.6. The van der Waals surface area contributed by atoms with E-state index in [0.29, 0.717) is 0 Å². The molecule has 0 saturated carbocycles. The molecule has 0 saturated heterocycles. The van der Waals surface area contributed by atoms with Gasteiger partial charge in [0, 0.05) is 13.8 Å². The monoisotopic (exact) mass is 364 g/mol. The zero-order valence-corrected chi connectivity index (χ0v) is 14.3. The van der Waals surface area contributed by atoms with Crippen molar-refractivity contribution in [3.63, 3.8) is 0 Å². The first-order valence-corrected chi connectivity index (χ1v) is 7.89. The summed E-state index contributed by atoms with van der Waals surface area (Å²) in [5.41, 5.74) is -1.95. The van der Waals surface area contributed by atoms with Crippen LogP contribution in [0.25, 0.3) is 0 Å². The molecular formula is C18H20O8. The second kappa shape index (κ2) is 8.11. The second-order valence-electron chi connectivity index (χ2n) is 5.87. The summed E-state index contributed by atoms with van der Waals surface area (Å²) in [5.74, 6) is -2.11. The standard InChI is InChI=1S/C18H20O8/c1-11(19)24-10-18(23)15(9-8-14(16(18)21)25-12(2)20)26-17(22)13-6-4-3-5-7-13/h3-9,14-16,21,23H,10H2,1-2H3/t14-,15+,16+,18-/m0/s1. The van der Waals surface area contributed by atoms with E-state index in [-0.39, 0.29) is 5.56 Å². The highest BCUT2D eigenvalue weighted by Gasteiger charge is 2.52. The predicted molar refractivity (Wildman–Crippen MR) is 87.9 cm³/mol. The molecule has 140 valence electrons. The Morgan fingerprint density at radius 2 is 1.69 bits per heavy atom. The fourth-order valence-electron chi connectivity index (χ4n) is 2.51. The van der Waals surface area contributed by atoms with Crippen molar-refractivity contribution >= 4 is 17.9 Å². The molecule has 0 bridgehead atoms. The first-order chi connectivity index (χ1) is 12.2. The highest BCUT2D eigenvalue weighted by molar-refractivity contribution is 5.89. The SMILES string of the molecule is CC(=O)OC[C@@]1(O)[C@H](O)[C@@H](OC(C)=O)C=C[C@H]1OC(=O)c1ccccc1. The molecule has 8 heteroatoms. The molecule has 0 radical (unpaired) electrons. The molecule has 1 aromatic carbocycles. The maximum absolute atomic E-state index is 12.3. The van der Waals surface area contributed by atoms with Crippen LogP contribution in [0, 0.1) is 0 Å². The molecule has 2 rings (SSSR count). The molecule has 1 aliphatic carbocycles. The number of benzene rings is 1. The number of ether oxygens (including phenoxy) is 3. The molecule has 0 fully saturated rings. The van der Waals surface area contributed by atoms with Gasteiger partial charge in [-0.05, 0) is 24.3 Å². The van der Waals surface area contributed by atoms with Crippen LogP contribution in [0.2, 0.25) is 0 Å². The van der Waals surface area contributed by atoms with Crippen LogP contribution in [-0.4, -0.2) is 58.6 Å². The summed E-state index contributed by atoms with van der Waals surface area (Å²) in [6.45, 7) is 1.62. The summed E-state index contributed by atoms with van der Waals surface area (Å²) >= 11 is 0. The van der Waals surface area contributed by atoms with Gasteiger partial charge in [0.25, 0.3) is 0 Å². The third kappa shape index (κ3) is 4.47. The Bertz CT molecular complexity index is 698. The average Bonchev–Trinajstić information content (AvgIpc) is 2.60. The lowest BCUT2D eigenvalue weighted by Crippen LogP contribution is -2.62. The quantitative estimate of drug-likeness (QED) is 0.437. The van der Waals surface area contributed by atoms with Crippen molar-refractivity contribution in [1.29, 1.82) is 0 Å². The maximum Gasteiger partial charge on any atom is 0.338 e. The number of hydrogen-bond acceptors (Lipinski definition) is 8. The summed E-state index contributed by atoms with van der Waals surface area (Å²) in [7, 11) is 0. The van der Waals surface area contributed by atoms with Crippen LogP contribution in [0.4, 0.5) is 0 Å². The van der Waals surface area contributed by atoms with E-state index in [0.717, 1.165) is 13.8 Å². The second-order valence-corrected chi connectivity index (χ2v) is 5.87. The zero-order valence-electron chi connectivity index (χ0n) is 14.3. The molecule has 0 aliphatic heterocycles. The normalized spacial score (nSPS) is 27.5. The van der Waals surface area contributed by atoms with Crippen LogP contribution in [0.15, 0.2) is 42.5 Å². The highest BCUT2D eigenvalue weighted by Crippen LogP contribution is 2.30.